The van der Waals surface area contributed by atoms with Gasteiger partial charge in [-0.05, 0) is 41.4 Å². The normalized spacial score (nSPS) is 30.0. The fraction of sp³-hybridized carbons (Fsp3) is 0.471. The summed E-state index contributed by atoms with van der Waals surface area (Å²) >= 11 is 3.29. The minimum Gasteiger partial charge on any atom is -0.374 e. The molecule has 2 atom stereocenters. The van der Waals surface area contributed by atoms with E-state index in [2.05, 4.69) is 15.9 Å². The largest absolute Gasteiger partial charge is 0.374 e. The molecule has 1 aliphatic heterocycles. The second kappa shape index (κ2) is 5.89. The highest BCUT2D eigenvalue weighted by atomic mass is 79.9. The Hall–Kier alpha value is -1.01. The average Bonchev–Trinajstić information content (AvgIpc) is 2.86. The van der Waals surface area contributed by atoms with Gasteiger partial charge in [-0.25, -0.2) is 0 Å². The van der Waals surface area contributed by atoms with Gasteiger partial charge in [-0.3, -0.25) is 4.79 Å². The summed E-state index contributed by atoms with van der Waals surface area (Å²) in [6.07, 6.45) is 1.81. The summed E-state index contributed by atoms with van der Waals surface area (Å²) in [4.78, 5) is 11.9. The predicted octanol–water partition coefficient (Wildman–Crippen LogP) is 3.35. The van der Waals surface area contributed by atoms with Gasteiger partial charge in [0.2, 0.25) is 0 Å². The highest BCUT2D eigenvalue weighted by molar-refractivity contribution is 9.12. The van der Waals surface area contributed by atoms with Crippen LogP contribution in [-0.2, 0) is 25.6 Å². The molecule has 0 radical (unpaired) electrons. The van der Waals surface area contributed by atoms with E-state index in [9.17, 15) is 4.79 Å². The van der Waals surface area contributed by atoms with Crippen molar-refractivity contribution >= 4 is 21.7 Å². The van der Waals surface area contributed by atoms with Gasteiger partial charge in [-0.2, -0.15) is 0 Å². The Labute approximate surface area is 138 Å². The Balaban J connectivity index is 1.68. The molecule has 22 heavy (non-hydrogen) atoms. The number of ketones is 1. The van der Waals surface area contributed by atoms with Crippen LogP contribution < -0.4 is 0 Å². The highest BCUT2D eigenvalue weighted by Gasteiger charge is 2.55. The zero-order valence-electron chi connectivity index (χ0n) is 12.7. The van der Waals surface area contributed by atoms with Gasteiger partial charge in [0.15, 0.2) is 11.6 Å². The van der Waals surface area contributed by atoms with E-state index in [0.717, 1.165) is 5.56 Å². The van der Waals surface area contributed by atoms with Crippen LogP contribution >= 0.6 is 15.9 Å². The second-order valence-electron chi connectivity index (χ2n) is 6.16. The summed E-state index contributed by atoms with van der Waals surface area (Å²) < 4.78 is 18.3. The minimum absolute atomic E-state index is 0.0364. The van der Waals surface area contributed by atoms with Crippen molar-refractivity contribution in [1.82, 2.24) is 0 Å². The summed E-state index contributed by atoms with van der Waals surface area (Å²) in [6.45, 7) is 4.60. The Morgan fingerprint density at radius 2 is 2.05 bits per heavy atom. The summed E-state index contributed by atoms with van der Waals surface area (Å²) in [5.74, 6) is -0.691. The van der Waals surface area contributed by atoms with Crippen molar-refractivity contribution in [3.8, 4) is 0 Å². The van der Waals surface area contributed by atoms with Crippen LogP contribution in [-0.4, -0.2) is 29.9 Å². The van der Waals surface area contributed by atoms with Crippen molar-refractivity contribution in [3.05, 3.63) is 46.5 Å². The molecule has 1 fully saturated rings. The number of benzene rings is 1. The van der Waals surface area contributed by atoms with E-state index in [1.807, 2.05) is 50.3 Å². The summed E-state index contributed by atoms with van der Waals surface area (Å²) in [6, 6.07) is 9.96. The lowest BCUT2D eigenvalue weighted by atomic mass is 9.96. The number of halogens is 1. The lowest BCUT2D eigenvalue weighted by Gasteiger charge is -2.25. The van der Waals surface area contributed by atoms with Gasteiger partial charge >= 0.3 is 0 Å². The fourth-order valence-corrected chi connectivity index (χ4v) is 3.50. The Morgan fingerprint density at radius 3 is 2.68 bits per heavy atom. The third kappa shape index (κ3) is 3.18. The van der Waals surface area contributed by atoms with E-state index in [1.165, 1.54) is 0 Å². The first-order valence-electron chi connectivity index (χ1n) is 7.31. The van der Waals surface area contributed by atoms with Crippen LogP contribution in [0.4, 0.5) is 0 Å². The summed E-state index contributed by atoms with van der Waals surface area (Å²) in [5, 5.41) is 0. The Bertz CT molecular complexity index is 596. The molecular weight excluding hydrogens is 348 g/mol. The minimum atomic E-state index is -0.727. The van der Waals surface area contributed by atoms with Crippen LogP contribution in [0.15, 0.2) is 40.9 Å². The highest BCUT2D eigenvalue weighted by Crippen LogP contribution is 2.45. The number of hydrogen-bond acceptors (Lipinski definition) is 4. The molecule has 0 unspecified atom stereocenters. The molecule has 5 heteroatoms. The summed E-state index contributed by atoms with van der Waals surface area (Å²) in [7, 11) is 0. The number of hydrogen-bond donors (Lipinski definition) is 0. The molecule has 1 heterocycles. The zero-order chi connectivity index (χ0) is 15.8. The van der Waals surface area contributed by atoms with Crippen LogP contribution in [0.25, 0.3) is 0 Å². The van der Waals surface area contributed by atoms with Gasteiger partial charge in [-0.15, -0.1) is 0 Å². The molecule has 1 spiro atoms. The molecule has 1 aromatic carbocycles. The van der Waals surface area contributed by atoms with Gasteiger partial charge in [0.25, 0.3) is 0 Å². The molecule has 0 bridgehead atoms. The van der Waals surface area contributed by atoms with Gasteiger partial charge < -0.3 is 14.2 Å². The maximum atomic E-state index is 11.9. The van der Waals surface area contributed by atoms with E-state index in [4.69, 9.17) is 14.2 Å². The lowest BCUT2D eigenvalue weighted by molar-refractivity contribution is -0.159. The molecule has 4 nitrogen and oxygen atoms in total. The van der Waals surface area contributed by atoms with Crippen LogP contribution in [0.3, 0.4) is 0 Å². The molecule has 1 aromatic rings. The van der Waals surface area contributed by atoms with Crippen molar-refractivity contribution in [3.63, 3.8) is 0 Å². The van der Waals surface area contributed by atoms with Crippen LogP contribution in [0.1, 0.15) is 25.8 Å². The number of Topliss-reactive ketones (excluding diaryl/α,β-unsaturated/α-hetero) is 1. The van der Waals surface area contributed by atoms with E-state index in [-0.39, 0.29) is 18.3 Å². The van der Waals surface area contributed by atoms with Crippen molar-refractivity contribution in [2.45, 2.75) is 44.4 Å². The van der Waals surface area contributed by atoms with Gasteiger partial charge in [0.1, 0.15) is 11.7 Å². The maximum Gasteiger partial charge on any atom is 0.172 e. The monoisotopic (exact) mass is 366 g/mol. The van der Waals surface area contributed by atoms with Crippen LogP contribution in [0.5, 0.6) is 0 Å². The quantitative estimate of drug-likeness (QED) is 0.819. The molecule has 0 saturated carbocycles. The van der Waals surface area contributed by atoms with Crippen molar-refractivity contribution in [2.75, 3.05) is 6.61 Å². The second-order valence-corrected chi connectivity index (χ2v) is 7.01. The zero-order valence-corrected chi connectivity index (χ0v) is 14.3. The molecular formula is C17H19BrO4. The van der Waals surface area contributed by atoms with Crippen LogP contribution in [0, 0.1) is 0 Å². The van der Waals surface area contributed by atoms with Crippen molar-refractivity contribution in [2.24, 2.45) is 0 Å². The first-order valence-corrected chi connectivity index (χ1v) is 8.11. The number of allylic oxidation sites excluding steroid dienone is 1. The Morgan fingerprint density at radius 1 is 1.32 bits per heavy atom. The fourth-order valence-electron chi connectivity index (χ4n) is 2.98. The molecule has 0 amide bonds. The third-order valence-corrected chi connectivity index (χ3v) is 4.53. The van der Waals surface area contributed by atoms with Gasteiger partial charge in [0, 0.05) is 6.42 Å². The maximum absolute atomic E-state index is 11.9. The number of carbonyl (C=O) groups excluding carboxylic acids is 1. The SMILES string of the molecule is CC1(C)O[C@H](COCc2ccccc2)[C@]2(C=C(Br)C(=O)C2)O1. The van der Waals surface area contributed by atoms with E-state index in [1.54, 1.807) is 0 Å². The smallest absolute Gasteiger partial charge is 0.172 e. The molecule has 1 aliphatic carbocycles. The topological polar surface area (TPSA) is 44.8 Å². The molecule has 1 saturated heterocycles. The first-order chi connectivity index (χ1) is 10.4. The van der Waals surface area contributed by atoms with Gasteiger partial charge in [0.05, 0.1) is 17.7 Å². The standard InChI is InChI=1S/C17H19BrO4/c1-16(2)21-15(11-20-10-12-6-4-3-5-7-12)17(22-16)8-13(18)14(19)9-17/h3-8,15H,9-11H2,1-2H3/t15-,17-/m1/s1. The molecule has 0 N–H and O–H groups in total. The van der Waals surface area contributed by atoms with Crippen LogP contribution in [0.2, 0.25) is 0 Å². The third-order valence-electron chi connectivity index (χ3n) is 3.86. The Kier molecular flexibility index (Phi) is 4.25. The van der Waals surface area contributed by atoms with E-state index >= 15 is 0 Å². The molecule has 3 rings (SSSR count). The van der Waals surface area contributed by atoms with E-state index < -0.39 is 11.4 Å². The lowest BCUT2D eigenvalue weighted by Crippen LogP contribution is -2.40. The predicted molar refractivity (Wildman–Crippen MR) is 85.5 cm³/mol. The van der Waals surface area contributed by atoms with Crippen molar-refractivity contribution in [1.29, 1.82) is 0 Å². The average molecular weight is 367 g/mol. The number of ether oxygens (including phenoxy) is 3. The van der Waals surface area contributed by atoms with Crippen molar-refractivity contribution < 1.29 is 19.0 Å². The molecule has 2 aliphatic rings. The molecule has 118 valence electrons. The molecule has 0 aromatic heterocycles. The van der Waals surface area contributed by atoms with Gasteiger partial charge in [-0.1, -0.05) is 30.3 Å². The van der Waals surface area contributed by atoms with E-state index in [0.29, 0.717) is 17.7 Å². The number of carbonyl (C=O) groups is 1. The summed E-state index contributed by atoms with van der Waals surface area (Å²) in [5.41, 5.74) is 0.379. The number of rotatable bonds is 4. The first kappa shape index (κ1) is 15.9.